The standard InChI is InChI=1S/C16H24OS/c1-12(2)13-5-7-14(8-6-13)16(17)11-18-10-9-15(16,3)4/h5-8,12,17H,9-11H2,1-4H3. The van der Waals surface area contributed by atoms with E-state index in [2.05, 4.69) is 52.0 Å². The number of hydrogen-bond acceptors (Lipinski definition) is 2. The quantitative estimate of drug-likeness (QED) is 0.865. The molecule has 0 aromatic heterocycles. The summed E-state index contributed by atoms with van der Waals surface area (Å²) in [6.07, 6.45) is 1.07. The van der Waals surface area contributed by atoms with E-state index in [1.165, 1.54) is 5.56 Å². The Morgan fingerprint density at radius 2 is 1.78 bits per heavy atom. The lowest BCUT2D eigenvalue weighted by Gasteiger charge is -2.46. The molecule has 1 nitrogen and oxygen atoms in total. The molecule has 100 valence electrons. The minimum atomic E-state index is -0.689. The fourth-order valence-electron chi connectivity index (χ4n) is 2.57. The lowest BCUT2D eigenvalue weighted by Crippen LogP contribution is -2.47. The monoisotopic (exact) mass is 264 g/mol. The van der Waals surface area contributed by atoms with E-state index in [1.54, 1.807) is 0 Å². The average molecular weight is 264 g/mol. The molecule has 1 aromatic carbocycles. The summed E-state index contributed by atoms with van der Waals surface area (Å²) in [6, 6.07) is 8.55. The maximum Gasteiger partial charge on any atom is 0.104 e. The number of aliphatic hydroxyl groups is 1. The zero-order valence-corrected chi connectivity index (χ0v) is 12.7. The number of benzene rings is 1. The lowest BCUT2D eigenvalue weighted by atomic mass is 9.70. The van der Waals surface area contributed by atoms with Gasteiger partial charge in [-0.1, -0.05) is 52.0 Å². The summed E-state index contributed by atoms with van der Waals surface area (Å²) in [5.74, 6) is 2.50. The molecular formula is C16H24OS. The first-order valence-electron chi connectivity index (χ1n) is 6.77. The topological polar surface area (TPSA) is 20.2 Å². The van der Waals surface area contributed by atoms with Crippen molar-refractivity contribution in [3.05, 3.63) is 35.4 Å². The Morgan fingerprint density at radius 3 is 2.28 bits per heavy atom. The zero-order chi connectivity index (χ0) is 13.4. The van der Waals surface area contributed by atoms with Gasteiger partial charge in [0.1, 0.15) is 5.60 Å². The summed E-state index contributed by atoms with van der Waals surface area (Å²) in [7, 11) is 0. The van der Waals surface area contributed by atoms with Crippen molar-refractivity contribution in [1.82, 2.24) is 0 Å². The molecule has 1 aromatic rings. The van der Waals surface area contributed by atoms with Gasteiger partial charge < -0.3 is 5.11 Å². The van der Waals surface area contributed by atoms with E-state index in [0.717, 1.165) is 23.5 Å². The molecule has 0 aliphatic carbocycles. The highest BCUT2D eigenvalue weighted by Crippen LogP contribution is 2.48. The van der Waals surface area contributed by atoms with Gasteiger partial charge in [-0.3, -0.25) is 0 Å². The van der Waals surface area contributed by atoms with E-state index < -0.39 is 5.60 Å². The summed E-state index contributed by atoms with van der Waals surface area (Å²) >= 11 is 1.86. The van der Waals surface area contributed by atoms with Gasteiger partial charge >= 0.3 is 0 Å². The van der Waals surface area contributed by atoms with Crippen LogP contribution in [0.25, 0.3) is 0 Å². The van der Waals surface area contributed by atoms with Gasteiger partial charge in [0.05, 0.1) is 0 Å². The molecule has 1 saturated heterocycles. The largest absolute Gasteiger partial charge is 0.384 e. The van der Waals surface area contributed by atoms with Crippen LogP contribution < -0.4 is 0 Å². The first kappa shape index (κ1) is 14.0. The van der Waals surface area contributed by atoms with Gasteiger partial charge in [-0.25, -0.2) is 0 Å². The molecule has 0 radical (unpaired) electrons. The lowest BCUT2D eigenvalue weighted by molar-refractivity contribution is -0.0578. The normalized spacial score (nSPS) is 27.4. The van der Waals surface area contributed by atoms with Gasteiger partial charge in [0.25, 0.3) is 0 Å². The second-order valence-corrected chi connectivity index (χ2v) is 7.43. The molecule has 0 amide bonds. The number of thioether (sulfide) groups is 1. The average Bonchev–Trinajstić information content (AvgIpc) is 2.33. The molecule has 18 heavy (non-hydrogen) atoms. The van der Waals surface area contributed by atoms with Crippen LogP contribution in [0.2, 0.25) is 0 Å². The Hall–Kier alpha value is -0.470. The summed E-state index contributed by atoms with van der Waals surface area (Å²) in [4.78, 5) is 0. The summed E-state index contributed by atoms with van der Waals surface area (Å²) in [6.45, 7) is 8.76. The number of rotatable bonds is 2. The van der Waals surface area contributed by atoms with Crippen LogP contribution >= 0.6 is 11.8 Å². The molecule has 1 unspecified atom stereocenters. The van der Waals surface area contributed by atoms with Crippen molar-refractivity contribution in [2.24, 2.45) is 5.41 Å². The zero-order valence-electron chi connectivity index (χ0n) is 11.9. The second-order valence-electron chi connectivity index (χ2n) is 6.32. The summed E-state index contributed by atoms with van der Waals surface area (Å²) in [5.41, 5.74) is 1.68. The van der Waals surface area contributed by atoms with E-state index in [4.69, 9.17) is 0 Å². The fraction of sp³-hybridized carbons (Fsp3) is 0.625. The van der Waals surface area contributed by atoms with Crippen LogP contribution in [0.4, 0.5) is 0 Å². The van der Waals surface area contributed by atoms with Crippen LogP contribution in [0.3, 0.4) is 0 Å². The van der Waals surface area contributed by atoms with E-state index in [-0.39, 0.29) is 5.41 Å². The van der Waals surface area contributed by atoms with Gasteiger partial charge in [0.2, 0.25) is 0 Å². The highest BCUT2D eigenvalue weighted by molar-refractivity contribution is 7.99. The highest BCUT2D eigenvalue weighted by Gasteiger charge is 2.46. The maximum atomic E-state index is 11.1. The van der Waals surface area contributed by atoms with Crippen molar-refractivity contribution >= 4 is 11.8 Å². The van der Waals surface area contributed by atoms with Crippen LogP contribution in [0.15, 0.2) is 24.3 Å². The van der Waals surface area contributed by atoms with Gasteiger partial charge in [-0.05, 0) is 34.6 Å². The molecule has 0 spiro atoms. The van der Waals surface area contributed by atoms with Crippen LogP contribution in [0, 0.1) is 5.41 Å². The Labute approximate surface area is 115 Å². The SMILES string of the molecule is CC(C)c1ccc(C2(O)CSCCC2(C)C)cc1. The Balaban J connectivity index is 2.34. The maximum absolute atomic E-state index is 11.1. The molecule has 1 heterocycles. The molecule has 2 rings (SSSR count). The van der Waals surface area contributed by atoms with Crippen molar-refractivity contribution in [2.45, 2.75) is 45.6 Å². The Bertz CT molecular complexity index is 408. The van der Waals surface area contributed by atoms with Crippen LogP contribution in [-0.4, -0.2) is 16.6 Å². The second kappa shape index (κ2) is 4.90. The van der Waals surface area contributed by atoms with E-state index >= 15 is 0 Å². The first-order valence-corrected chi connectivity index (χ1v) is 7.93. The van der Waals surface area contributed by atoms with Crippen molar-refractivity contribution in [1.29, 1.82) is 0 Å². The van der Waals surface area contributed by atoms with E-state index in [1.807, 2.05) is 11.8 Å². The molecular weight excluding hydrogens is 240 g/mol. The number of hydrogen-bond donors (Lipinski definition) is 1. The van der Waals surface area contributed by atoms with Crippen molar-refractivity contribution in [3.63, 3.8) is 0 Å². The minimum Gasteiger partial charge on any atom is -0.384 e. The van der Waals surface area contributed by atoms with Gasteiger partial charge in [-0.15, -0.1) is 0 Å². The molecule has 2 heteroatoms. The van der Waals surface area contributed by atoms with Gasteiger partial charge in [0, 0.05) is 5.75 Å². The van der Waals surface area contributed by atoms with Crippen LogP contribution in [0.1, 0.15) is 51.2 Å². The molecule has 1 aliphatic rings. The third-order valence-electron chi connectivity index (χ3n) is 4.36. The van der Waals surface area contributed by atoms with E-state index in [9.17, 15) is 5.11 Å². The third-order valence-corrected chi connectivity index (χ3v) is 5.47. The molecule has 1 atom stereocenters. The van der Waals surface area contributed by atoms with Crippen LogP contribution in [-0.2, 0) is 5.60 Å². The van der Waals surface area contributed by atoms with Gasteiger partial charge in [0.15, 0.2) is 0 Å². The minimum absolute atomic E-state index is 0.0441. The first-order chi connectivity index (χ1) is 8.37. The predicted molar refractivity (Wildman–Crippen MR) is 80.2 cm³/mol. The molecule has 1 fully saturated rings. The highest BCUT2D eigenvalue weighted by atomic mass is 32.2. The van der Waals surface area contributed by atoms with Crippen molar-refractivity contribution in [3.8, 4) is 0 Å². The summed E-state index contributed by atoms with van der Waals surface area (Å²) < 4.78 is 0. The molecule has 1 aliphatic heterocycles. The molecule has 1 N–H and O–H groups in total. The smallest absolute Gasteiger partial charge is 0.104 e. The van der Waals surface area contributed by atoms with Gasteiger partial charge in [-0.2, -0.15) is 11.8 Å². The molecule has 0 saturated carbocycles. The third kappa shape index (κ3) is 2.33. The van der Waals surface area contributed by atoms with E-state index in [0.29, 0.717) is 5.92 Å². The molecule has 0 bridgehead atoms. The Morgan fingerprint density at radius 1 is 1.17 bits per heavy atom. The Kier molecular flexibility index (Phi) is 3.80. The van der Waals surface area contributed by atoms with Crippen molar-refractivity contribution < 1.29 is 5.11 Å². The van der Waals surface area contributed by atoms with Crippen LogP contribution in [0.5, 0.6) is 0 Å². The summed E-state index contributed by atoms with van der Waals surface area (Å²) in [5, 5.41) is 11.1. The predicted octanol–water partition coefficient (Wildman–Crippen LogP) is 4.16. The fourth-order valence-corrected chi connectivity index (χ4v) is 4.22. The van der Waals surface area contributed by atoms with Crippen molar-refractivity contribution in [2.75, 3.05) is 11.5 Å².